The summed E-state index contributed by atoms with van der Waals surface area (Å²) in [6, 6.07) is 9.05. The van der Waals surface area contributed by atoms with Crippen LogP contribution in [0.25, 0.3) is 16.8 Å². The van der Waals surface area contributed by atoms with Crippen LogP contribution in [-0.4, -0.2) is 38.7 Å². The Morgan fingerprint density at radius 1 is 1.29 bits per heavy atom. The molecule has 6 nitrogen and oxygen atoms in total. The predicted octanol–water partition coefficient (Wildman–Crippen LogP) is 1.46. The first kappa shape index (κ1) is 13.4. The molecule has 0 saturated carbocycles. The number of fused-ring (bicyclic) bond motifs is 1. The number of aromatic amines is 1. The first-order valence-corrected chi connectivity index (χ1v) is 6.60. The molecule has 0 aliphatic heterocycles. The average Bonchev–Trinajstić information content (AvgIpc) is 2.82. The van der Waals surface area contributed by atoms with Gasteiger partial charge in [-0.25, -0.2) is 0 Å². The monoisotopic (exact) mass is 284 g/mol. The summed E-state index contributed by atoms with van der Waals surface area (Å²) < 4.78 is 1.36. The van der Waals surface area contributed by atoms with Crippen LogP contribution in [0.5, 0.6) is 5.88 Å². The smallest absolute Gasteiger partial charge is 0.262 e. The van der Waals surface area contributed by atoms with Crippen molar-refractivity contribution in [3.8, 4) is 17.0 Å². The minimum absolute atomic E-state index is 0.148. The van der Waals surface area contributed by atoms with Gasteiger partial charge in [0.25, 0.3) is 5.56 Å². The molecule has 0 spiro atoms. The summed E-state index contributed by atoms with van der Waals surface area (Å²) in [5, 5.41) is 14.6. The number of aromatic hydroxyl groups is 1. The molecule has 2 aromatic heterocycles. The third kappa shape index (κ3) is 2.30. The van der Waals surface area contributed by atoms with Crippen LogP contribution < -0.4 is 5.56 Å². The number of hydrogen-bond acceptors (Lipinski definition) is 4. The molecule has 0 radical (unpaired) electrons. The van der Waals surface area contributed by atoms with E-state index >= 15 is 0 Å². The zero-order valence-corrected chi connectivity index (χ0v) is 11.9. The number of rotatable bonds is 3. The van der Waals surface area contributed by atoms with Gasteiger partial charge in [-0.3, -0.25) is 4.79 Å². The average molecular weight is 284 g/mol. The van der Waals surface area contributed by atoms with E-state index in [9.17, 15) is 9.90 Å². The van der Waals surface area contributed by atoms with Gasteiger partial charge < -0.3 is 15.0 Å². The lowest BCUT2D eigenvalue weighted by molar-refractivity contribution is 0.403. The number of benzene rings is 1. The number of nitrogens with zero attached hydrogens (tertiary/aromatic N) is 3. The Hall–Kier alpha value is -2.60. The van der Waals surface area contributed by atoms with Crippen LogP contribution in [-0.2, 0) is 6.54 Å². The molecule has 2 heterocycles. The van der Waals surface area contributed by atoms with Crippen LogP contribution in [0.1, 0.15) is 5.56 Å². The van der Waals surface area contributed by atoms with Crippen LogP contribution in [0.4, 0.5) is 0 Å². The minimum Gasteiger partial charge on any atom is -0.493 e. The van der Waals surface area contributed by atoms with Crippen LogP contribution >= 0.6 is 0 Å². The van der Waals surface area contributed by atoms with Gasteiger partial charge in [0.1, 0.15) is 11.2 Å². The van der Waals surface area contributed by atoms with Crippen molar-refractivity contribution >= 4 is 5.65 Å². The molecule has 3 rings (SSSR count). The first-order valence-electron chi connectivity index (χ1n) is 6.60. The first-order chi connectivity index (χ1) is 10.1. The summed E-state index contributed by atoms with van der Waals surface area (Å²) in [5.41, 5.74) is 1.93. The third-order valence-corrected chi connectivity index (χ3v) is 3.28. The van der Waals surface area contributed by atoms with Gasteiger partial charge >= 0.3 is 0 Å². The van der Waals surface area contributed by atoms with Crippen LogP contribution in [0.2, 0.25) is 0 Å². The molecule has 0 aliphatic rings. The molecule has 21 heavy (non-hydrogen) atoms. The largest absolute Gasteiger partial charge is 0.493 e. The standard InChI is InChI=1S/C15H16N4O2/c1-18(2)9-11-8-16-19-13(11)17-14(20)12(15(19)21)10-6-4-3-5-7-10/h3-8,21H,9H2,1-2H3,(H,17,20). The molecule has 0 bridgehead atoms. The van der Waals surface area contributed by atoms with Gasteiger partial charge in [-0.1, -0.05) is 30.3 Å². The summed E-state index contributed by atoms with van der Waals surface area (Å²) in [6.45, 7) is 0.629. The van der Waals surface area contributed by atoms with Gasteiger partial charge in [-0.15, -0.1) is 0 Å². The minimum atomic E-state index is -0.327. The highest BCUT2D eigenvalue weighted by molar-refractivity contribution is 5.69. The second kappa shape index (κ2) is 5.06. The van der Waals surface area contributed by atoms with Crippen molar-refractivity contribution in [2.24, 2.45) is 0 Å². The fourth-order valence-corrected chi connectivity index (χ4v) is 2.38. The maximum atomic E-state index is 12.3. The molecule has 0 unspecified atom stereocenters. The lowest BCUT2D eigenvalue weighted by Gasteiger charge is -2.09. The number of hydrogen-bond donors (Lipinski definition) is 2. The summed E-state index contributed by atoms with van der Waals surface area (Å²) in [5.74, 6) is -0.148. The SMILES string of the molecule is CN(C)Cc1cnn2c(O)c(-c3ccccc3)c(=O)[nH]c12. The number of aromatic nitrogens is 3. The Kier molecular flexibility index (Phi) is 3.23. The number of H-pyrrole nitrogens is 1. The second-order valence-corrected chi connectivity index (χ2v) is 5.19. The highest BCUT2D eigenvalue weighted by Gasteiger charge is 2.17. The van der Waals surface area contributed by atoms with E-state index in [2.05, 4.69) is 10.1 Å². The molecule has 108 valence electrons. The van der Waals surface area contributed by atoms with Gasteiger partial charge in [0.05, 0.1) is 6.20 Å². The van der Waals surface area contributed by atoms with E-state index in [0.29, 0.717) is 17.8 Å². The van der Waals surface area contributed by atoms with Crippen LogP contribution in [0, 0.1) is 0 Å². The van der Waals surface area contributed by atoms with Crippen molar-refractivity contribution in [1.82, 2.24) is 19.5 Å². The van der Waals surface area contributed by atoms with Crippen molar-refractivity contribution in [3.05, 3.63) is 52.4 Å². The van der Waals surface area contributed by atoms with E-state index in [1.165, 1.54) is 4.52 Å². The quantitative estimate of drug-likeness (QED) is 0.763. The molecule has 0 atom stereocenters. The lowest BCUT2D eigenvalue weighted by Crippen LogP contribution is -2.15. The highest BCUT2D eigenvalue weighted by atomic mass is 16.3. The van der Waals surface area contributed by atoms with Gasteiger partial charge in [-0.2, -0.15) is 9.61 Å². The maximum Gasteiger partial charge on any atom is 0.262 e. The van der Waals surface area contributed by atoms with E-state index in [1.807, 2.05) is 37.2 Å². The normalized spacial score (nSPS) is 11.4. The van der Waals surface area contributed by atoms with Crippen molar-refractivity contribution in [1.29, 1.82) is 0 Å². The van der Waals surface area contributed by atoms with E-state index in [0.717, 1.165) is 5.56 Å². The third-order valence-electron chi connectivity index (χ3n) is 3.28. The molecule has 6 heteroatoms. The molecule has 0 amide bonds. The second-order valence-electron chi connectivity index (χ2n) is 5.19. The maximum absolute atomic E-state index is 12.3. The molecule has 0 saturated heterocycles. The molecule has 0 fully saturated rings. The van der Waals surface area contributed by atoms with E-state index < -0.39 is 0 Å². The van der Waals surface area contributed by atoms with E-state index in [-0.39, 0.29) is 17.0 Å². The van der Waals surface area contributed by atoms with Crippen molar-refractivity contribution in [2.75, 3.05) is 14.1 Å². The summed E-state index contributed by atoms with van der Waals surface area (Å²) >= 11 is 0. The molecular weight excluding hydrogens is 268 g/mol. The summed E-state index contributed by atoms with van der Waals surface area (Å²) in [6.07, 6.45) is 1.65. The predicted molar refractivity (Wildman–Crippen MR) is 80.3 cm³/mol. The van der Waals surface area contributed by atoms with Crippen molar-refractivity contribution in [2.45, 2.75) is 6.54 Å². The summed E-state index contributed by atoms with van der Waals surface area (Å²) in [7, 11) is 3.86. The fourth-order valence-electron chi connectivity index (χ4n) is 2.38. The zero-order chi connectivity index (χ0) is 15.0. The van der Waals surface area contributed by atoms with Gasteiger partial charge in [0.2, 0.25) is 5.88 Å². The molecule has 2 N–H and O–H groups in total. The zero-order valence-electron chi connectivity index (χ0n) is 11.9. The van der Waals surface area contributed by atoms with E-state index in [4.69, 9.17) is 0 Å². The van der Waals surface area contributed by atoms with Gasteiger partial charge in [0, 0.05) is 12.1 Å². The highest BCUT2D eigenvalue weighted by Crippen LogP contribution is 2.26. The van der Waals surface area contributed by atoms with Crippen LogP contribution in [0.15, 0.2) is 41.3 Å². The van der Waals surface area contributed by atoms with E-state index in [1.54, 1.807) is 18.3 Å². The van der Waals surface area contributed by atoms with Crippen LogP contribution in [0.3, 0.4) is 0 Å². The summed E-state index contributed by atoms with van der Waals surface area (Å²) in [4.78, 5) is 17.1. The van der Waals surface area contributed by atoms with Crippen molar-refractivity contribution in [3.63, 3.8) is 0 Å². The lowest BCUT2D eigenvalue weighted by atomic mass is 10.1. The van der Waals surface area contributed by atoms with Gasteiger partial charge in [-0.05, 0) is 19.7 Å². The molecule has 3 aromatic rings. The molecule has 1 aromatic carbocycles. The Bertz CT molecular complexity index is 834. The molecular formula is C15H16N4O2. The topological polar surface area (TPSA) is 73.6 Å². The Balaban J connectivity index is 2.24. The fraction of sp³-hybridized carbons (Fsp3) is 0.200. The Labute approximate surface area is 121 Å². The number of nitrogens with one attached hydrogen (secondary N) is 1. The Morgan fingerprint density at radius 2 is 2.00 bits per heavy atom. The Morgan fingerprint density at radius 3 is 2.67 bits per heavy atom. The van der Waals surface area contributed by atoms with Gasteiger partial charge in [0.15, 0.2) is 0 Å². The molecule has 0 aliphatic carbocycles. The van der Waals surface area contributed by atoms with Crippen molar-refractivity contribution < 1.29 is 5.11 Å².